The molecule has 0 bridgehead atoms. The number of ether oxygens (including phenoxy) is 1. The zero-order valence-electron chi connectivity index (χ0n) is 16.3. The summed E-state index contributed by atoms with van der Waals surface area (Å²) in [6.07, 6.45) is 0. The van der Waals surface area contributed by atoms with Gasteiger partial charge in [0, 0.05) is 11.3 Å². The van der Waals surface area contributed by atoms with Crippen LogP contribution < -0.4 is 4.72 Å². The number of hydrogen-bond donors (Lipinski definition) is 1. The summed E-state index contributed by atoms with van der Waals surface area (Å²) < 4.78 is 32.9. The van der Waals surface area contributed by atoms with E-state index >= 15 is 0 Å². The van der Waals surface area contributed by atoms with E-state index in [1.165, 1.54) is 18.2 Å². The average molecular weight is 478 g/mol. The molecule has 0 atom stereocenters. The van der Waals surface area contributed by atoms with E-state index in [-0.39, 0.29) is 26.1 Å². The Morgan fingerprint density at radius 1 is 0.903 bits per heavy atom. The SMILES string of the molecule is Cc1cccc(NS(=O)(=O)c2ccc(Cl)c(C(=O)OCC(=O)c3ccccc3Cl)c2)c1. The zero-order valence-corrected chi connectivity index (χ0v) is 18.6. The smallest absolute Gasteiger partial charge is 0.340 e. The highest BCUT2D eigenvalue weighted by Crippen LogP contribution is 2.24. The van der Waals surface area contributed by atoms with Crippen LogP contribution in [0.1, 0.15) is 26.3 Å². The van der Waals surface area contributed by atoms with E-state index in [9.17, 15) is 18.0 Å². The number of nitrogens with one attached hydrogen (secondary N) is 1. The van der Waals surface area contributed by atoms with Crippen molar-refractivity contribution in [2.24, 2.45) is 0 Å². The van der Waals surface area contributed by atoms with Crippen LogP contribution in [0.15, 0.2) is 71.6 Å². The van der Waals surface area contributed by atoms with Gasteiger partial charge in [0.05, 0.1) is 20.5 Å². The topological polar surface area (TPSA) is 89.5 Å². The molecule has 0 aliphatic heterocycles. The van der Waals surface area contributed by atoms with Crippen LogP contribution in [0.5, 0.6) is 0 Å². The summed E-state index contributed by atoms with van der Waals surface area (Å²) in [5, 5.41) is 0.224. The fourth-order valence-corrected chi connectivity index (χ4v) is 4.24. The third kappa shape index (κ3) is 5.64. The number of Topliss-reactive ketones (excluding diaryl/α,β-unsaturated/α-hetero) is 1. The van der Waals surface area contributed by atoms with Crippen LogP contribution in [0, 0.1) is 6.92 Å². The average Bonchev–Trinajstić information content (AvgIpc) is 2.72. The number of benzene rings is 3. The molecular formula is C22H17Cl2NO5S. The second-order valence-corrected chi connectivity index (χ2v) is 9.09. The van der Waals surface area contributed by atoms with Crippen LogP contribution in [0.4, 0.5) is 5.69 Å². The molecule has 0 saturated carbocycles. The molecule has 9 heteroatoms. The van der Waals surface area contributed by atoms with E-state index in [0.29, 0.717) is 5.69 Å². The Kier molecular flexibility index (Phi) is 7.00. The van der Waals surface area contributed by atoms with E-state index in [1.807, 2.05) is 13.0 Å². The van der Waals surface area contributed by atoms with E-state index in [0.717, 1.165) is 11.6 Å². The minimum atomic E-state index is -3.98. The van der Waals surface area contributed by atoms with Gasteiger partial charge >= 0.3 is 5.97 Å². The highest BCUT2D eigenvalue weighted by Gasteiger charge is 2.21. The second-order valence-electron chi connectivity index (χ2n) is 6.60. The van der Waals surface area contributed by atoms with Crippen molar-refractivity contribution in [2.75, 3.05) is 11.3 Å². The Morgan fingerprint density at radius 2 is 1.61 bits per heavy atom. The third-order valence-electron chi connectivity index (χ3n) is 4.25. The number of hydrogen-bond acceptors (Lipinski definition) is 5. The largest absolute Gasteiger partial charge is 0.454 e. The van der Waals surface area contributed by atoms with Gasteiger partial charge in [-0.3, -0.25) is 9.52 Å². The van der Waals surface area contributed by atoms with Gasteiger partial charge in [0.1, 0.15) is 0 Å². The molecular weight excluding hydrogens is 461 g/mol. The van der Waals surface area contributed by atoms with Crippen molar-refractivity contribution in [1.29, 1.82) is 0 Å². The van der Waals surface area contributed by atoms with Crippen LogP contribution in [0.3, 0.4) is 0 Å². The minimum Gasteiger partial charge on any atom is -0.454 e. The molecule has 3 aromatic rings. The molecule has 0 aliphatic carbocycles. The van der Waals surface area contributed by atoms with Crippen molar-refractivity contribution in [3.8, 4) is 0 Å². The maximum atomic E-state index is 12.7. The van der Waals surface area contributed by atoms with Crippen molar-refractivity contribution >= 4 is 50.7 Å². The van der Waals surface area contributed by atoms with Gasteiger partial charge in [0.25, 0.3) is 10.0 Å². The van der Waals surface area contributed by atoms with E-state index in [2.05, 4.69) is 4.72 Å². The molecule has 1 N–H and O–H groups in total. The molecule has 3 aromatic carbocycles. The first-order valence-electron chi connectivity index (χ1n) is 9.01. The number of rotatable bonds is 7. The number of halogens is 2. The zero-order chi connectivity index (χ0) is 22.6. The number of sulfonamides is 1. The van der Waals surface area contributed by atoms with Gasteiger partial charge < -0.3 is 4.74 Å². The molecule has 0 aliphatic rings. The molecule has 6 nitrogen and oxygen atoms in total. The molecule has 3 rings (SSSR count). The van der Waals surface area contributed by atoms with Gasteiger partial charge in [-0.25, -0.2) is 13.2 Å². The Balaban J connectivity index is 1.77. The monoisotopic (exact) mass is 477 g/mol. The van der Waals surface area contributed by atoms with Crippen molar-refractivity contribution in [2.45, 2.75) is 11.8 Å². The molecule has 0 radical (unpaired) electrons. The van der Waals surface area contributed by atoms with E-state index in [4.69, 9.17) is 27.9 Å². The first-order chi connectivity index (χ1) is 14.7. The van der Waals surface area contributed by atoms with Crippen LogP contribution in [0.25, 0.3) is 0 Å². The minimum absolute atomic E-state index is 0.00954. The summed E-state index contributed by atoms with van der Waals surface area (Å²) in [6, 6.07) is 16.8. The van der Waals surface area contributed by atoms with Crippen molar-refractivity contribution in [3.63, 3.8) is 0 Å². The standard InChI is InChI=1S/C22H17Cl2NO5S/c1-14-5-4-6-15(11-14)25-31(28,29)16-9-10-20(24)18(12-16)22(27)30-13-21(26)17-7-2-3-8-19(17)23/h2-12,25H,13H2,1H3. The van der Waals surface area contributed by atoms with Gasteiger partial charge in [-0.05, 0) is 55.0 Å². The number of aryl methyl sites for hydroxylation is 1. The van der Waals surface area contributed by atoms with Crippen LogP contribution in [-0.2, 0) is 14.8 Å². The number of ketones is 1. The van der Waals surface area contributed by atoms with Crippen molar-refractivity contribution in [3.05, 3.63) is 93.5 Å². The normalized spacial score (nSPS) is 11.1. The highest BCUT2D eigenvalue weighted by atomic mass is 35.5. The highest BCUT2D eigenvalue weighted by molar-refractivity contribution is 7.92. The van der Waals surface area contributed by atoms with Gasteiger partial charge in [0.15, 0.2) is 6.61 Å². The lowest BCUT2D eigenvalue weighted by molar-refractivity contribution is 0.0474. The van der Waals surface area contributed by atoms with E-state index in [1.54, 1.807) is 36.4 Å². The fourth-order valence-electron chi connectivity index (χ4n) is 2.72. The Morgan fingerprint density at radius 3 is 2.32 bits per heavy atom. The summed E-state index contributed by atoms with van der Waals surface area (Å²) >= 11 is 12.0. The number of carbonyl (C=O) groups is 2. The van der Waals surface area contributed by atoms with Crippen LogP contribution in [-0.4, -0.2) is 26.8 Å². The van der Waals surface area contributed by atoms with Crippen molar-refractivity contribution in [1.82, 2.24) is 0 Å². The van der Waals surface area contributed by atoms with Crippen LogP contribution >= 0.6 is 23.2 Å². The Bertz CT molecular complexity index is 1260. The molecule has 160 valence electrons. The fraction of sp³-hybridized carbons (Fsp3) is 0.0909. The number of esters is 1. The first-order valence-corrected chi connectivity index (χ1v) is 11.2. The van der Waals surface area contributed by atoms with Gasteiger partial charge in [-0.15, -0.1) is 0 Å². The predicted molar refractivity (Wildman–Crippen MR) is 120 cm³/mol. The predicted octanol–water partition coefficient (Wildman–Crippen LogP) is 5.14. The molecule has 0 heterocycles. The number of carbonyl (C=O) groups excluding carboxylic acids is 2. The molecule has 0 fully saturated rings. The molecule has 0 spiro atoms. The molecule has 0 aromatic heterocycles. The lowest BCUT2D eigenvalue weighted by atomic mass is 10.1. The molecule has 31 heavy (non-hydrogen) atoms. The number of anilines is 1. The van der Waals surface area contributed by atoms with Crippen molar-refractivity contribution < 1.29 is 22.7 Å². The van der Waals surface area contributed by atoms with E-state index < -0.39 is 28.4 Å². The third-order valence-corrected chi connectivity index (χ3v) is 6.29. The Labute approximate surface area is 189 Å². The summed E-state index contributed by atoms with van der Waals surface area (Å²) in [5.41, 5.74) is 1.29. The molecule has 0 unspecified atom stereocenters. The van der Waals surface area contributed by atoms with Gasteiger partial charge in [0.2, 0.25) is 5.78 Å². The lowest BCUT2D eigenvalue weighted by Crippen LogP contribution is -2.17. The lowest BCUT2D eigenvalue weighted by Gasteiger charge is -2.11. The summed E-state index contributed by atoms with van der Waals surface area (Å²) in [6.45, 7) is 1.26. The summed E-state index contributed by atoms with van der Waals surface area (Å²) in [5.74, 6) is -1.43. The Hall–Kier alpha value is -2.87. The van der Waals surface area contributed by atoms with Gasteiger partial charge in [-0.1, -0.05) is 47.5 Å². The molecule has 0 saturated heterocycles. The van der Waals surface area contributed by atoms with Gasteiger partial charge in [-0.2, -0.15) is 0 Å². The van der Waals surface area contributed by atoms with Crippen LogP contribution in [0.2, 0.25) is 10.0 Å². The first kappa shape index (κ1) is 22.8. The maximum Gasteiger partial charge on any atom is 0.340 e. The molecule has 0 amide bonds. The maximum absolute atomic E-state index is 12.7. The summed E-state index contributed by atoms with van der Waals surface area (Å²) in [4.78, 5) is 24.5. The summed E-state index contributed by atoms with van der Waals surface area (Å²) in [7, 11) is -3.98. The second kappa shape index (κ2) is 9.51. The quantitative estimate of drug-likeness (QED) is 0.375.